The Balaban J connectivity index is 2.17. The van der Waals surface area contributed by atoms with Gasteiger partial charge in [-0.2, -0.15) is 0 Å². The molecule has 1 N–H and O–H groups in total. The van der Waals surface area contributed by atoms with Gasteiger partial charge in [0, 0.05) is 12.1 Å². The minimum absolute atomic E-state index is 0.413. The lowest BCUT2D eigenvalue weighted by molar-refractivity contribution is 0.111. The summed E-state index contributed by atoms with van der Waals surface area (Å²) in [4.78, 5) is 19.0. The third-order valence-corrected chi connectivity index (χ3v) is 2.52. The summed E-state index contributed by atoms with van der Waals surface area (Å²) in [7, 11) is 0. The average Bonchev–Trinajstić information content (AvgIpc) is 2.30. The first-order chi connectivity index (χ1) is 6.90. The molecule has 74 valence electrons. The molecular formula is C10H13N3O. The van der Waals surface area contributed by atoms with E-state index in [-0.39, 0.29) is 0 Å². The van der Waals surface area contributed by atoms with Crippen molar-refractivity contribution in [3.8, 4) is 0 Å². The number of nitrogens with one attached hydrogen (secondary N) is 1. The predicted molar refractivity (Wildman–Crippen MR) is 52.3 cm³/mol. The molecule has 0 radical (unpaired) electrons. The Bertz CT molecular complexity index is 321. The van der Waals surface area contributed by atoms with Crippen LogP contribution in [0.3, 0.4) is 0 Å². The van der Waals surface area contributed by atoms with Crippen LogP contribution in [0.1, 0.15) is 35.1 Å². The molecule has 1 aliphatic heterocycles. The summed E-state index contributed by atoms with van der Waals surface area (Å²) in [6.07, 6.45) is 4.55. The third kappa shape index (κ3) is 1.96. The fourth-order valence-electron chi connectivity index (χ4n) is 1.73. The van der Waals surface area contributed by atoms with Gasteiger partial charge < -0.3 is 5.32 Å². The van der Waals surface area contributed by atoms with Crippen molar-refractivity contribution in [3.05, 3.63) is 23.8 Å². The van der Waals surface area contributed by atoms with Gasteiger partial charge in [-0.25, -0.2) is 9.97 Å². The van der Waals surface area contributed by atoms with Crippen LogP contribution in [0.25, 0.3) is 0 Å². The highest BCUT2D eigenvalue weighted by Gasteiger charge is 2.17. The van der Waals surface area contributed by atoms with Crippen LogP contribution >= 0.6 is 0 Å². The Labute approximate surface area is 82.8 Å². The van der Waals surface area contributed by atoms with Gasteiger partial charge in [0.05, 0.1) is 0 Å². The quantitative estimate of drug-likeness (QED) is 0.701. The molecule has 0 bridgehead atoms. The minimum atomic E-state index is 0.413. The van der Waals surface area contributed by atoms with E-state index < -0.39 is 0 Å². The van der Waals surface area contributed by atoms with Gasteiger partial charge in [-0.05, 0) is 32.0 Å². The standard InChI is InChI=1S/C10H13N3O/c14-7-9-3-6-12-10(13-9)8-1-4-11-5-2-8/h3,6-8,11H,1-2,4-5H2. The van der Waals surface area contributed by atoms with Crippen LogP contribution in [0.15, 0.2) is 12.3 Å². The Kier molecular flexibility index (Phi) is 2.84. The number of aromatic nitrogens is 2. The SMILES string of the molecule is O=Cc1ccnc(C2CCNCC2)n1. The molecule has 0 aromatic carbocycles. The fraction of sp³-hybridized carbons (Fsp3) is 0.500. The first-order valence-electron chi connectivity index (χ1n) is 4.89. The molecule has 0 saturated carbocycles. The molecule has 0 spiro atoms. The molecule has 1 aromatic rings. The molecule has 1 saturated heterocycles. The number of hydrogen-bond acceptors (Lipinski definition) is 4. The van der Waals surface area contributed by atoms with Gasteiger partial charge in [0.2, 0.25) is 0 Å². The maximum Gasteiger partial charge on any atom is 0.168 e. The van der Waals surface area contributed by atoms with Crippen molar-refractivity contribution in [1.29, 1.82) is 0 Å². The second kappa shape index (κ2) is 4.28. The summed E-state index contributed by atoms with van der Waals surface area (Å²) < 4.78 is 0. The van der Waals surface area contributed by atoms with Gasteiger partial charge in [0.25, 0.3) is 0 Å². The zero-order valence-electron chi connectivity index (χ0n) is 7.94. The lowest BCUT2D eigenvalue weighted by atomic mass is 9.97. The van der Waals surface area contributed by atoms with Gasteiger partial charge in [0.1, 0.15) is 11.5 Å². The molecule has 1 aliphatic rings. The Morgan fingerprint density at radius 3 is 2.93 bits per heavy atom. The molecular weight excluding hydrogens is 178 g/mol. The molecule has 2 heterocycles. The number of nitrogens with zero attached hydrogens (tertiary/aromatic N) is 2. The second-order valence-corrected chi connectivity index (χ2v) is 3.48. The highest BCUT2D eigenvalue weighted by atomic mass is 16.1. The minimum Gasteiger partial charge on any atom is -0.317 e. The number of hydrogen-bond donors (Lipinski definition) is 1. The number of carbonyl (C=O) groups excluding carboxylic acids is 1. The molecule has 0 amide bonds. The van der Waals surface area contributed by atoms with Gasteiger partial charge in [-0.15, -0.1) is 0 Å². The fourth-order valence-corrected chi connectivity index (χ4v) is 1.73. The maximum atomic E-state index is 10.5. The predicted octanol–water partition coefficient (Wildman–Crippen LogP) is 0.756. The maximum absolute atomic E-state index is 10.5. The van der Waals surface area contributed by atoms with Crippen LogP contribution < -0.4 is 5.32 Å². The summed E-state index contributed by atoms with van der Waals surface area (Å²) >= 11 is 0. The van der Waals surface area contributed by atoms with Gasteiger partial charge in [-0.3, -0.25) is 4.79 Å². The number of piperidine rings is 1. The Hall–Kier alpha value is -1.29. The van der Waals surface area contributed by atoms with E-state index >= 15 is 0 Å². The Morgan fingerprint density at radius 2 is 2.21 bits per heavy atom. The van der Waals surface area contributed by atoms with E-state index in [0.717, 1.165) is 38.0 Å². The van der Waals surface area contributed by atoms with Crippen molar-refractivity contribution in [2.75, 3.05) is 13.1 Å². The normalized spacial score (nSPS) is 18.0. The molecule has 0 unspecified atom stereocenters. The smallest absolute Gasteiger partial charge is 0.168 e. The van der Waals surface area contributed by atoms with Crippen LogP contribution in [-0.4, -0.2) is 29.3 Å². The zero-order chi connectivity index (χ0) is 9.80. The molecule has 4 nitrogen and oxygen atoms in total. The van der Waals surface area contributed by atoms with Crippen molar-refractivity contribution in [1.82, 2.24) is 15.3 Å². The van der Waals surface area contributed by atoms with Gasteiger partial charge in [-0.1, -0.05) is 0 Å². The van der Waals surface area contributed by atoms with Crippen molar-refractivity contribution < 1.29 is 4.79 Å². The van der Waals surface area contributed by atoms with Crippen molar-refractivity contribution in [2.24, 2.45) is 0 Å². The van der Waals surface area contributed by atoms with E-state index in [4.69, 9.17) is 0 Å². The lowest BCUT2D eigenvalue weighted by Crippen LogP contribution is -2.27. The number of aldehydes is 1. The van der Waals surface area contributed by atoms with Crippen molar-refractivity contribution in [2.45, 2.75) is 18.8 Å². The van der Waals surface area contributed by atoms with Crippen LogP contribution in [-0.2, 0) is 0 Å². The summed E-state index contributed by atoms with van der Waals surface area (Å²) in [5.41, 5.74) is 0.480. The largest absolute Gasteiger partial charge is 0.317 e. The number of rotatable bonds is 2. The first-order valence-corrected chi connectivity index (χ1v) is 4.89. The van der Waals surface area contributed by atoms with E-state index in [2.05, 4.69) is 15.3 Å². The molecule has 14 heavy (non-hydrogen) atoms. The first kappa shape index (κ1) is 9.27. The highest BCUT2D eigenvalue weighted by Crippen LogP contribution is 2.21. The van der Waals surface area contributed by atoms with E-state index in [1.165, 1.54) is 0 Å². The summed E-state index contributed by atoms with van der Waals surface area (Å²) in [5, 5.41) is 3.29. The van der Waals surface area contributed by atoms with Gasteiger partial charge in [0.15, 0.2) is 6.29 Å². The van der Waals surface area contributed by atoms with Crippen molar-refractivity contribution >= 4 is 6.29 Å². The zero-order valence-corrected chi connectivity index (χ0v) is 7.94. The molecule has 4 heteroatoms. The van der Waals surface area contributed by atoms with Crippen LogP contribution in [0.2, 0.25) is 0 Å². The molecule has 2 rings (SSSR count). The summed E-state index contributed by atoms with van der Waals surface area (Å²) in [5.74, 6) is 1.23. The Morgan fingerprint density at radius 1 is 1.43 bits per heavy atom. The summed E-state index contributed by atoms with van der Waals surface area (Å²) in [6, 6.07) is 1.64. The van der Waals surface area contributed by atoms with E-state index in [9.17, 15) is 4.79 Å². The van der Waals surface area contributed by atoms with Crippen LogP contribution in [0, 0.1) is 0 Å². The third-order valence-electron chi connectivity index (χ3n) is 2.52. The second-order valence-electron chi connectivity index (χ2n) is 3.48. The van der Waals surface area contributed by atoms with Crippen LogP contribution in [0.4, 0.5) is 0 Å². The monoisotopic (exact) mass is 191 g/mol. The number of carbonyl (C=O) groups is 1. The lowest BCUT2D eigenvalue weighted by Gasteiger charge is -2.21. The van der Waals surface area contributed by atoms with Crippen LogP contribution in [0.5, 0.6) is 0 Å². The van der Waals surface area contributed by atoms with E-state index in [1.54, 1.807) is 12.3 Å². The molecule has 0 aliphatic carbocycles. The molecule has 1 fully saturated rings. The van der Waals surface area contributed by atoms with Crippen molar-refractivity contribution in [3.63, 3.8) is 0 Å². The molecule has 1 aromatic heterocycles. The van der Waals surface area contributed by atoms with E-state index in [0.29, 0.717) is 11.6 Å². The van der Waals surface area contributed by atoms with Gasteiger partial charge >= 0.3 is 0 Å². The average molecular weight is 191 g/mol. The topological polar surface area (TPSA) is 54.9 Å². The molecule has 0 atom stereocenters. The highest BCUT2D eigenvalue weighted by molar-refractivity contribution is 5.71. The van der Waals surface area contributed by atoms with E-state index in [1.807, 2.05) is 0 Å². The summed E-state index contributed by atoms with van der Waals surface area (Å²) in [6.45, 7) is 2.03.